The normalized spacial score (nSPS) is 16.9. The lowest BCUT2D eigenvalue weighted by Gasteiger charge is -2.39. The summed E-state index contributed by atoms with van der Waals surface area (Å²) in [6.07, 6.45) is 4.75. The Morgan fingerprint density at radius 2 is 1.17 bits per heavy atom. The lowest BCUT2D eigenvalue weighted by atomic mass is 9.79. The van der Waals surface area contributed by atoms with Crippen molar-refractivity contribution in [3.05, 3.63) is 46.5 Å². The third kappa shape index (κ3) is 9.55. The summed E-state index contributed by atoms with van der Waals surface area (Å²) in [7, 11) is 0. The average Bonchev–Trinajstić information content (AvgIpc) is 2.90. The van der Waals surface area contributed by atoms with Gasteiger partial charge in [0.15, 0.2) is 5.11 Å². The molecular weight excluding hydrogens is 607 g/mol. The van der Waals surface area contributed by atoms with Crippen LogP contribution in [0.5, 0.6) is 23.0 Å². The molecule has 2 unspecified atom stereocenters. The number of ether oxygens (including phenoxy) is 2. The van der Waals surface area contributed by atoms with E-state index < -0.39 is 6.35 Å². The van der Waals surface area contributed by atoms with Crippen LogP contribution in [0.1, 0.15) is 151 Å². The molecule has 0 spiro atoms. The van der Waals surface area contributed by atoms with Gasteiger partial charge in [0.1, 0.15) is 23.0 Å². The van der Waals surface area contributed by atoms with Crippen molar-refractivity contribution >= 4 is 23.4 Å². The number of phenols is 2. The van der Waals surface area contributed by atoms with E-state index >= 15 is 0 Å². The number of hydrogen-bond acceptors (Lipinski definition) is 6. The minimum absolute atomic E-state index is 0.0529. The number of unbranched alkanes of at least 4 members (excludes halogenated alkanes) is 3. The van der Waals surface area contributed by atoms with Crippen LogP contribution in [0.15, 0.2) is 29.3 Å². The smallest absolute Gasteiger partial charge is 0.301 e. The van der Waals surface area contributed by atoms with Crippen molar-refractivity contribution in [3.63, 3.8) is 0 Å². The van der Waals surface area contributed by atoms with E-state index in [1.807, 2.05) is 29.2 Å². The van der Waals surface area contributed by atoms with Gasteiger partial charge in [0.25, 0.3) is 6.35 Å². The van der Waals surface area contributed by atoms with Crippen molar-refractivity contribution in [1.29, 1.82) is 0 Å². The Balaban J connectivity index is 2.13. The second-order valence-corrected chi connectivity index (χ2v) is 17.6. The second-order valence-electron chi connectivity index (χ2n) is 17.3. The van der Waals surface area contributed by atoms with E-state index in [0.717, 1.165) is 41.5 Å². The molecule has 7 nitrogen and oxygen atoms in total. The zero-order valence-electron chi connectivity index (χ0n) is 31.5. The maximum absolute atomic E-state index is 11.3. The fourth-order valence-corrected chi connectivity index (χ4v) is 6.23. The Morgan fingerprint density at radius 3 is 1.57 bits per heavy atom. The maximum Gasteiger partial charge on any atom is 0.301 e. The molecule has 47 heavy (non-hydrogen) atoms. The summed E-state index contributed by atoms with van der Waals surface area (Å²) in [5, 5.41) is 26.3. The Kier molecular flexibility index (Phi) is 11.6. The highest BCUT2D eigenvalue weighted by Gasteiger charge is 2.35. The van der Waals surface area contributed by atoms with Crippen LogP contribution in [-0.2, 0) is 21.7 Å². The summed E-state index contributed by atoms with van der Waals surface area (Å²) in [6.45, 7) is 29.3. The zero-order chi connectivity index (χ0) is 35.7. The van der Waals surface area contributed by atoms with Gasteiger partial charge in [-0.05, 0) is 71.5 Å². The van der Waals surface area contributed by atoms with Crippen LogP contribution in [-0.4, -0.2) is 38.6 Å². The number of nitrogens with zero attached hydrogens (tertiary/aromatic N) is 2. The average molecular weight is 668 g/mol. The van der Waals surface area contributed by atoms with Crippen LogP contribution < -0.4 is 14.8 Å². The van der Waals surface area contributed by atoms with Gasteiger partial charge in [-0.1, -0.05) is 116 Å². The lowest BCUT2D eigenvalue weighted by molar-refractivity contribution is 0.0516. The zero-order valence-corrected chi connectivity index (χ0v) is 32.3. The predicted molar refractivity (Wildman–Crippen MR) is 199 cm³/mol. The summed E-state index contributed by atoms with van der Waals surface area (Å²) in [5.74, 6) is 1.74. The van der Waals surface area contributed by atoms with E-state index in [1.54, 1.807) is 0 Å². The largest absolute Gasteiger partial charge is 0.507 e. The molecule has 3 N–H and O–H groups in total. The molecule has 2 aromatic carbocycles. The standard InChI is InChI=1S/C39H61N3O4S/c1-15-16-17-18-19-24(2)42-34(46-26-22-29(38(9,10)11)32(44)30(23-26)39(12,13)14)40-33(41-35(42)47)45-25-20-27(36(3,4)5)31(43)28(21-25)37(6,7)8/h20-24,34,43-44H,15-19H2,1-14H3,(H,40,41,47). The SMILES string of the molecule is CCCCCCC(C)N1C(=S)NC(Oc2cc(C(C)(C)C)c(O)c(C(C)(C)C)c2)=NC1Oc1cc(C(C)(C)C)c(O)c(C(C)(C)C)c1. The van der Waals surface area contributed by atoms with Gasteiger partial charge >= 0.3 is 6.02 Å². The number of hydrogen-bond donors (Lipinski definition) is 3. The van der Waals surface area contributed by atoms with E-state index in [-0.39, 0.29) is 39.5 Å². The molecule has 1 aliphatic heterocycles. The summed E-state index contributed by atoms with van der Waals surface area (Å²) in [6, 6.07) is 7.87. The molecule has 0 radical (unpaired) electrons. The summed E-state index contributed by atoms with van der Waals surface area (Å²) in [4.78, 5) is 6.96. The molecule has 2 atom stereocenters. The minimum atomic E-state index is -0.800. The predicted octanol–water partition coefficient (Wildman–Crippen LogP) is 9.93. The fourth-order valence-electron chi connectivity index (χ4n) is 5.87. The molecule has 0 fully saturated rings. The summed E-state index contributed by atoms with van der Waals surface area (Å²) < 4.78 is 13.2. The number of phenolic OH excluding ortho intramolecular Hbond substituents is 2. The van der Waals surface area contributed by atoms with Crippen LogP contribution in [0.4, 0.5) is 0 Å². The maximum atomic E-state index is 11.3. The van der Waals surface area contributed by atoms with Crippen molar-refractivity contribution in [2.75, 3.05) is 0 Å². The third-order valence-electron chi connectivity index (χ3n) is 8.72. The Hall–Kier alpha value is -3.00. The van der Waals surface area contributed by atoms with Gasteiger partial charge in [-0.3, -0.25) is 10.2 Å². The molecule has 0 bridgehead atoms. The summed E-state index contributed by atoms with van der Waals surface area (Å²) >= 11 is 5.97. The number of benzene rings is 2. The van der Waals surface area contributed by atoms with Crippen molar-refractivity contribution in [1.82, 2.24) is 10.2 Å². The molecule has 0 saturated heterocycles. The topological polar surface area (TPSA) is 86.6 Å². The number of amidine groups is 1. The van der Waals surface area contributed by atoms with Gasteiger partial charge in [-0.15, -0.1) is 0 Å². The van der Waals surface area contributed by atoms with Gasteiger partial charge in [-0.2, -0.15) is 4.99 Å². The van der Waals surface area contributed by atoms with E-state index in [9.17, 15) is 10.2 Å². The Bertz CT molecular complexity index is 1380. The number of nitrogens with one attached hydrogen (secondary N) is 1. The highest BCUT2D eigenvalue weighted by atomic mass is 32.1. The van der Waals surface area contributed by atoms with Crippen molar-refractivity contribution in [2.45, 2.75) is 163 Å². The first-order valence-electron chi connectivity index (χ1n) is 17.2. The van der Waals surface area contributed by atoms with Gasteiger partial charge in [0, 0.05) is 28.3 Å². The molecule has 3 rings (SSSR count). The molecular formula is C39H61N3O4S. The second kappa shape index (κ2) is 14.2. The first-order valence-corrected chi connectivity index (χ1v) is 17.6. The first-order chi connectivity index (χ1) is 21.4. The van der Waals surface area contributed by atoms with Crippen molar-refractivity contribution in [3.8, 4) is 23.0 Å². The van der Waals surface area contributed by atoms with Crippen molar-refractivity contribution < 1.29 is 19.7 Å². The molecule has 2 aromatic rings. The van der Waals surface area contributed by atoms with E-state index in [2.05, 4.69) is 102 Å². The molecule has 0 saturated carbocycles. The monoisotopic (exact) mass is 667 g/mol. The number of thiocarbonyl (C=S) groups is 1. The molecule has 1 aliphatic rings. The summed E-state index contributed by atoms with van der Waals surface area (Å²) in [5.41, 5.74) is 1.95. The van der Waals surface area contributed by atoms with Crippen molar-refractivity contribution in [2.24, 2.45) is 4.99 Å². The van der Waals surface area contributed by atoms with Crippen LogP contribution in [0.3, 0.4) is 0 Å². The van der Waals surface area contributed by atoms with Crippen LogP contribution in [0.25, 0.3) is 0 Å². The van der Waals surface area contributed by atoms with Crippen LogP contribution >= 0.6 is 12.2 Å². The molecule has 1 heterocycles. The Morgan fingerprint density at radius 1 is 0.745 bits per heavy atom. The van der Waals surface area contributed by atoms with Crippen LogP contribution in [0, 0.1) is 0 Å². The van der Waals surface area contributed by atoms with Gasteiger partial charge in [0.05, 0.1) is 0 Å². The lowest BCUT2D eigenvalue weighted by Crippen LogP contribution is -2.58. The highest BCUT2D eigenvalue weighted by Crippen LogP contribution is 2.43. The first kappa shape index (κ1) is 38.4. The van der Waals surface area contributed by atoms with Gasteiger partial charge in [0.2, 0.25) is 0 Å². The molecule has 262 valence electrons. The molecule has 0 amide bonds. The van der Waals surface area contributed by atoms with Gasteiger partial charge in [-0.25, -0.2) is 0 Å². The van der Waals surface area contributed by atoms with E-state index in [1.165, 1.54) is 12.8 Å². The molecule has 8 heteroatoms. The van der Waals surface area contributed by atoms with Crippen LogP contribution in [0.2, 0.25) is 0 Å². The van der Waals surface area contributed by atoms with E-state index in [4.69, 9.17) is 26.7 Å². The Labute approximate surface area is 290 Å². The quantitative estimate of drug-likeness (QED) is 0.181. The minimum Gasteiger partial charge on any atom is -0.507 e. The fraction of sp³-hybridized carbons (Fsp3) is 0.641. The van der Waals surface area contributed by atoms with E-state index in [0.29, 0.717) is 22.4 Å². The molecule has 0 aromatic heterocycles. The number of aliphatic imine (C=N–C) groups is 1. The number of rotatable bonds is 9. The molecule has 0 aliphatic carbocycles. The number of aromatic hydroxyl groups is 2. The van der Waals surface area contributed by atoms with Gasteiger partial charge < -0.3 is 19.7 Å². The highest BCUT2D eigenvalue weighted by molar-refractivity contribution is 7.80. The third-order valence-corrected chi connectivity index (χ3v) is 9.03.